The number of rotatable bonds is 9. The number of aliphatic hydroxyl groups is 1. The van der Waals surface area contributed by atoms with E-state index in [4.69, 9.17) is 9.47 Å². The summed E-state index contributed by atoms with van der Waals surface area (Å²) in [5.74, 6) is 1.55. The van der Waals surface area contributed by atoms with Crippen molar-refractivity contribution in [3.8, 4) is 11.5 Å². The molecule has 1 saturated carbocycles. The lowest BCUT2D eigenvalue weighted by Gasteiger charge is -2.17. The highest BCUT2D eigenvalue weighted by Gasteiger charge is 2.24. The molecule has 0 heterocycles. The van der Waals surface area contributed by atoms with Crippen LogP contribution in [0.2, 0.25) is 0 Å². The normalized spacial score (nSPS) is 16.1. The van der Waals surface area contributed by atoms with Crippen molar-refractivity contribution in [3.63, 3.8) is 0 Å². The smallest absolute Gasteiger partial charge is 0.161 e. The second kappa shape index (κ2) is 7.36. The number of hydrogen-bond acceptors (Lipinski definition) is 4. The molecule has 1 fully saturated rings. The van der Waals surface area contributed by atoms with Gasteiger partial charge in [-0.15, -0.1) is 0 Å². The highest BCUT2D eigenvalue weighted by Crippen LogP contribution is 2.26. The lowest BCUT2D eigenvalue weighted by molar-refractivity contribution is 0.203. The summed E-state index contributed by atoms with van der Waals surface area (Å²) in [6.07, 6.45) is 3.25. The molecular formula is C15H23NO3. The van der Waals surface area contributed by atoms with Gasteiger partial charge in [-0.3, -0.25) is 0 Å². The molecule has 0 aliphatic heterocycles. The standard InChI is InChI=1S/C15H23NO3/c1-2-18-14-5-3-4-6-15(14)19-10-9-13(11-17)16-12-7-8-12/h3-6,12-13,16-17H,2,7-11H2,1H3. The molecule has 1 aliphatic rings. The minimum Gasteiger partial charge on any atom is -0.490 e. The average Bonchev–Trinajstić information content (AvgIpc) is 3.24. The number of aliphatic hydroxyl groups excluding tert-OH is 1. The fourth-order valence-corrected chi connectivity index (χ4v) is 1.97. The molecule has 2 N–H and O–H groups in total. The molecule has 0 saturated heterocycles. The van der Waals surface area contributed by atoms with Crippen LogP contribution in [0.15, 0.2) is 24.3 Å². The molecule has 0 radical (unpaired) electrons. The Labute approximate surface area is 114 Å². The molecule has 1 aliphatic carbocycles. The van der Waals surface area contributed by atoms with Crippen molar-refractivity contribution in [1.29, 1.82) is 0 Å². The zero-order valence-corrected chi connectivity index (χ0v) is 11.5. The molecular weight excluding hydrogens is 242 g/mol. The second-order valence-electron chi connectivity index (χ2n) is 4.84. The lowest BCUT2D eigenvalue weighted by Crippen LogP contribution is -2.35. The molecule has 0 aromatic heterocycles. The third-order valence-corrected chi connectivity index (χ3v) is 3.14. The number of hydrogen-bond donors (Lipinski definition) is 2. The number of para-hydroxylation sites is 2. The predicted molar refractivity (Wildman–Crippen MR) is 74.8 cm³/mol. The zero-order valence-electron chi connectivity index (χ0n) is 11.5. The first-order valence-electron chi connectivity index (χ1n) is 7.05. The van der Waals surface area contributed by atoms with Crippen LogP contribution >= 0.6 is 0 Å². The predicted octanol–water partition coefficient (Wildman–Crippen LogP) is 1.97. The van der Waals surface area contributed by atoms with E-state index < -0.39 is 0 Å². The van der Waals surface area contributed by atoms with Crippen LogP contribution in [0.5, 0.6) is 11.5 Å². The topological polar surface area (TPSA) is 50.7 Å². The van der Waals surface area contributed by atoms with E-state index in [1.807, 2.05) is 31.2 Å². The van der Waals surface area contributed by atoms with Crippen LogP contribution in [-0.4, -0.2) is 37.0 Å². The fourth-order valence-electron chi connectivity index (χ4n) is 1.97. The van der Waals surface area contributed by atoms with E-state index in [1.54, 1.807) is 0 Å². The molecule has 1 aromatic carbocycles. The Morgan fingerprint density at radius 1 is 1.26 bits per heavy atom. The Balaban J connectivity index is 1.77. The Morgan fingerprint density at radius 3 is 2.53 bits per heavy atom. The lowest BCUT2D eigenvalue weighted by atomic mass is 10.2. The van der Waals surface area contributed by atoms with E-state index in [9.17, 15) is 5.11 Å². The van der Waals surface area contributed by atoms with Crippen LogP contribution in [0.3, 0.4) is 0 Å². The minimum absolute atomic E-state index is 0.131. The van der Waals surface area contributed by atoms with E-state index in [0.717, 1.165) is 17.9 Å². The van der Waals surface area contributed by atoms with Gasteiger partial charge < -0.3 is 19.9 Å². The van der Waals surface area contributed by atoms with Gasteiger partial charge in [0, 0.05) is 12.1 Å². The molecule has 2 rings (SSSR count). The van der Waals surface area contributed by atoms with Gasteiger partial charge in [0.1, 0.15) is 0 Å². The summed E-state index contributed by atoms with van der Waals surface area (Å²) in [6.45, 7) is 3.32. The Kier molecular flexibility index (Phi) is 5.48. The molecule has 19 heavy (non-hydrogen) atoms. The van der Waals surface area contributed by atoms with Crippen LogP contribution in [0, 0.1) is 0 Å². The summed E-state index contributed by atoms with van der Waals surface area (Å²) >= 11 is 0. The van der Waals surface area contributed by atoms with E-state index >= 15 is 0 Å². The second-order valence-corrected chi connectivity index (χ2v) is 4.84. The van der Waals surface area contributed by atoms with Crippen molar-refractivity contribution in [2.24, 2.45) is 0 Å². The van der Waals surface area contributed by atoms with Crippen molar-refractivity contribution in [1.82, 2.24) is 5.32 Å². The highest BCUT2D eigenvalue weighted by atomic mass is 16.5. The van der Waals surface area contributed by atoms with E-state index in [1.165, 1.54) is 12.8 Å². The summed E-state index contributed by atoms with van der Waals surface area (Å²) in [4.78, 5) is 0. The van der Waals surface area contributed by atoms with Gasteiger partial charge in [-0.2, -0.15) is 0 Å². The SMILES string of the molecule is CCOc1ccccc1OCCC(CO)NC1CC1. The minimum atomic E-state index is 0.131. The van der Waals surface area contributed by atoms with Gasteiger partial charge >= 0.3 is 0 Å². The maximum absolute atomic E-state index is 9.30. The number of ether oxygens (including phenoxy) is 2. The molecule has 0 bridgehead atoms. The molecule has 4 nitrogen and oxygen atoms in total. The van der Waals surface area contributed by atoms with Gasteiger partial charge in [-0.05, 0) is 38.3 Å². The molecule has 4 heteroatoms. The number of nitrogens with one attached hydrogen (secondary N) is 1. The quantitative estimate of drug-likeness (QED) is 0.716. The van der Waals surface area contributed by atoms with Crippen molar-refractivity contribution >= 4 is 0 Å². The summed E-state index contributed by atoms with van der Waals surface area (Å²) < 4.78 is 11.3. The molecule has 0 spiro atoms. The first kappa shape index (κ1) is 14.2. The molecule has 1 atom stereocenters. The number of benzene rings is 1. The summed E-state index contributed by atoms with van der Waals surface area (Å²) in [6, 6.07) is 8.42. The van der Waals surface area contributed by atoms with Gasteiger partial charge in [-0.1, -0.05) is 12.1 Å². The maximum Gasteiger partial charge on any atom is 0.161 e. The zero-order chi connectivity index (χ0) is 13.5. The largest absolute Gasteiger partial charge is 0.490 e. The summed E-state index contributed by atoms with van der Waals surface area (Å²) in [5.41, 5.74) is 0. The average molecular weight is 265 g/mol. The Bertz CT molecular complexity index is 379. The Morgan fingerprint density at radius 2 is 1.95 bits per heavy atom. The van der Waals surface area contributed by atoms with Crippen molar-refractivity contribution in [2.45, 2.75) is 38.3 Å². The summed E-state index contributed by atoms with van der Waals surface area (Å²) in [7, 11) is 0. The van der Waals surface area contributed by atoms with Gasteiger partial charge in [-0.25, -0.2) is 0 Å². The van der Waals surface area contributed by atoms with Gasteiger partial charge in [0.15, 0.2) is 11.5 Å². The van der Waals surface area contributed by atoms with Crippen molar-refractivity contribution in [3.05, 3.63) is 24.3 Å². The molecule has 1 unspecified atom stereocenters. The monoisotopic (exact) mass is 265 g/mol. The maximum atomic E-state index is 9.30. The third kappa shape index (κ3) is 4.73. The summed E-state index contributed by atoms with van der Waals surface area (Å²) in [5, 5.41) is 12.7. The first-order valence-corrected chi connectivity index (χ1v) is 7.05. The van der Waals surface area contributed by atoms with Crippen LogP contribution < -0.4 is 14.8 Å². The Hall–Kier alpha value is -1.26. The first-order chi connectivity index (χ1) is 9.33. The van der Waals surface area contributed by atoms with Gasteiger partial charge in [0.2, 0.25) is 0 Å². The van der Waals surface area contributed by atoms with Gasteiger partial charge in [0.25, 0.3) is 0 Å². The fraction of sp³-hybridized carbons (Fsp3) is 0.600. The van der Waals surface area contributed by atoms with Crippen LogP contribution in [0.1, 0.15) is 26.2 Å². The highest BCUT2D eigenvalue weighted by molar-refractivity contribution is 5.39. The molecule has 0 amide bonds. The van der Waals surface area contributed by atoms with Crippen molar-refractivity contribution < 1.29 is 14.6 Å². The van der Waals surface area contributed by atoms with E-state index in [2.05, 4.69) is 5.32 Å². The third-order valence-electron chi connectivity index (χ3n) is 3.14. The van der Waals surface area contributed by atoms with E-state index in [-0.39, 0.29) is 12.6 Å². The van der Waals surface area contributed by atoms with Crippen LogP contribution in [0.25, 0.3) is 0 Å². The molecule has 1 aromatic rings. The van der Waals surface area contributed by atoms with Crippen LogP contribution in [0.4, 0.5) is 0 Å². The molecule has 106 valence electrons. The van der Waals surface area contributed by atoms with E-state index in [0.29, 0.717) is 19.3 Å². The van der Waals surface area contributed by atoms with Crippen LogP contribution in [-0.2, 0) is 0 Å². The van der Waals surface area contributed by atoms with Gasteiger partial charge in [0.05, 0.1) is 19.8 Å². The van der Waals surface area contributed by atoms with Crippen molar-refractivity contribution in [2.75, 3.05) is 19.8 Å².